The molecule has 1 aromatic heterocycles. The maximum absolute atomic E-state index is 12.6. The molecule has 0 radical (unpaired) electrons. The maximum atomic E-state index is 12.6. The molecule has 0 spiro atoms. The highest BCUT2D eigenvalue weighted by Crippen LogP contribution is 2.31. The first-order valence-corrected chi connectivity index (χ1v) is 9.45. The molecular formula is C19H24N6O2. The van der Waals surface area contributed by atoms with Crippen LogP contribution in [0, 0.1) is 12.8 Å². The first-order chi connectivity index (χ1) is 13.1. The molecule has 8 nitrogen and oxygen atoms in total. The number of benzene rings is 1. The van der Waals surface area contributed by atoms with E-state index in [1.165, 1.54) is 0 Å². The van der Waals surface area contributed by atoms with E-state index in [1.54, 1.807) is 16.9 Å². The minimum atomic E-state index is -0.302. The second-order valence-electron chi connectivity index (χ2n) is 7.31. The third-order valence-electron chi connectivity index (χ3n) is 5.13. The Kier molecular flexibility index (Phi) is 4.89. The molecule has 2 amide bonds. The fraction of sp³-hybridized carbons (Fsp3) is 0.474. The van der Waals surface area contributed by atoms with Crippen LogP contribution in [0.4, 0.5) is 11.4 Å². The smallest absolute Gasteiger partial charge is 0.277 e. The summed E-state index contributed by atoms with van der Waals surface area (Å²) >= 11 is 0. The molecule has 2 fully saturated rings. The van der Waals surface area contributed by atoms with Crippen molar-refractivity contribution < 1.29 is 9.59 Å². The lowest BCUT2D eigenvalue weighted by atomic mass is 10.1. The van der Waals surface area contributed by atoms with Crippen LogP contribution >= 0.6 is 0 Å². The van der Waals surface area contributed by atoms with Gasteiger partial charge in [0.05, 0.1) is 12.2 Å². The fourth-order valence-corrected chi connectivity index (χ4v) is 3.24. The normalized spacial score (nSPS) is 17.5. The molecule has 0 unspecified atom stereocenters. The number of carbonyl (C=O) groups excluding carboxylic acids is 2. The second kappa shape index (κ2) is 7.48. The third kappa shape index (κ3) is 4.16. The van der Waals surface area contributed by atoms with Gasteiger partial charge in [-0.1, -0.05) is 11.3 Å². The number of rotatable bonds is 5. The van der Waals surface area contributed by atoms with Crippen molar-refractivity contribution in [1.29, 1.82) is 0 Å². The Bertz CT molecular complexity index is 852. The summed E-state index contributed by atoms with van der Waals surface area (Å²) in [5, 5.41) is 17.3. The summed E-state index contributed by atoms with van der Waals surface area (Å²) in [6, 6.07) is 5.79. The molecule has 2 aromatic rings. The summed E-state index contributed by atoms with van der Waals surface area (Å²) in [6.07, 6.45) is 5.57. The second-order valence-corrected chi connectivity index (χ2v) is 7.31. The summed E-state index contributed by atoms with van der Waals surface area (Å²) in [7, 11) is 0. The van der Waals surface area contributed by atoms with Crippen molar-refractivity contribution in [2.45, 2.75) is 38.6 Å². The van der Waals surface area contributed by atoms with E-state index in [0.717, 1.165) is 44.3 Å². The van der Waals surface area contributed by atoms with Crippen molar-refractivity contribution in [3.05, 3.63) is 35.7 Å². The van der Waals surface area contributed by atoms with E-state index in [0.29, 0.717) is 17.1 Å². The molecule has 1 saturated heterocycles. The molecule has 2 aliphatic rings. The largest absolute Gasteiger partial charge is 0.326 e. The quantitative estimate of drug-likeness (QED) is 0.750. The number of aryl methyl sites for hydroxylation is 1. The van der Waals surface area contributed by atoms with Gasteiger partial charge in [-0.25, -0.2) is 4.68 Å². The average molecular weight is 368 g/mol. The SMILES string of the molecule is Cc1ccc(NC(=O)C2CC2)cc1NC(=O)c1cn(C2CCNCC2)nn1. The van der Waals surface area contributed by atoms with Gasteiger partial charge in [0.1, 0.15) is 0 Å². The first kappa shape index (κ1) is 17.7. The van der Waals surface area contributed by atoms with Crippen molar-refractivity contribution in [1.82, 2.24) is 20.3 Å². The summed E-state index contributed by atoms with van der Waals surface area (Å²) in [5.74, 6) is -0.126. The zero-order valence-electron chi connectivity index (χ0n) is 15.4. The van der Waals surface area contributed by atoms with Crippen molar-refractivity contribution in [2.75, 3.05) is 23.7 Å². The van der Waals surface area contributed by atoms with Gasteiger partial charge in [0.15, 0.2) is 5.69 Å². The number of hydrogen-bond acceptors (Lipinski definition) is 5. The Morgan fingerprint density at radius 2 is 1.93 bits per heavy atom. The monoisotopic (exact) mass is 368 g/mol. The highest BCUT2D eigenvalue weighted by Gasteiger charge is 2.29. The van der Waals surface area contributed by atoms with Crippen molar-refractivity contribution in [3.8, 4) is 0 Å². The molecule has 0 atom stereocenters. The lowest BCUT2D eigenvalue weighted by molar-refractivity contribution is -0.117. The van der Waals surface area contributed by atoms with Gasteiger partial charge in [-0.3, -0.25) is 9.59 Å². The van der Waals surface area contributed by atoms with Gasteiger partial charge in [0.25, 0.3) is 5.91 Å². The maximum Gasteiger partial charge on any atom is 0.277 e. The van der Waals surface area contributed by atoms with E-state index in [9.17, 15) is 9.59 Å². The van der Waals surface area contributed by atoms with Crippen LogP contribution in [-0.4, -0.2) is 39.9 Å². The zero-order valence-corrected chi connectivity index (χ0v) is 15.4. The van der Waals surface area contributed by atoms with Crippen LogP contribution in [-0.2, 0) is 4.79 Å². The molecule has 4 rings (SSSR count). The van der Waals surface area contributed by atoms with Crippen LogP contribution in [0.1, 0.15) is 47.8 Å². The third-order valence-corrected chi connectivity index (χ3v) is 5.13. The Hall–Kier alpha value is -2.74. The number of nitrogens with one attached hydrogen (secondary N) is 3. The number of aromatic nitrogens is 3. The van der Waals surface area contributed by atoms with E-state index in [1.807, 2.05) is 19.1 Å². The zero-order chi connectivity index (χ0) is 18.8. The number of carbonyl (C=O) groups is 2. The molecule has 1 aliphatic heterocycles. The van der Waals surface area contributed by atoms with Gasteiger partial charge < -0.3 is 16.0 Å². The molecule has 142 valence electrons. The van der Waals surface area contributed by atoms with Crippen LogP contribution in [0.3, 0.4) is 0 Å². The minimum Gasteiger partial charge on any atom is -0.326 e. The molecule has 1 aliphatic carbocycles. The highest BCUT2D eigenvalue weighted by molar-refractivity contribution is 6.03. The van der Waals surface area contributed by atoms with Gasteiger partial charge in [-0.15, -0.1) is 5.10 Å². The van der Waals surface area contributed by atoms with Gasteiger partial charge in [0, 0.05) is 17.3 Å². The molecule has 1 aromatic carbocycles. The molecule has 27 heavy (non-hydrogen) atoms. The fourth-order valence-electron chi connectivity index (χ4n) is 3.24. The Balaban J connectivity index is 1.44. The molecule has 1 saturated carbocycles. The number of nitrogens with zero attached hydrogens (tertiary/aromatic N) is 3. The predicted molar refractivity (Wildman–Crippen MR) is 102 cm³/mol. The molecule has 8 heteroatoms. The summed E-state index contributed by atoms with van der Waals surface area (Å²) in [5.41, 5.74) is 2.55. The van der Waals surface area contributed by atoms with Gasteiger partial charge >= 0.3 is 0 Å². The first-order valence-electron chi connectivity index (χ1n) is 9.45. The number of amides is 2. The van der Waals surface area contributed by atoms with Crippen molar-refractivity contribution in [2.24, 2.45) is 5.92 Å². The van der Waals surface area contributed by atoms with Crippen molar-refractivity contribution in [3.63, 3.8) is 0 Å². The lowest BCUT2D eigenvalue weighted by Crippen LogP contribution is -2.29. The molecule has 2 heterocycles. The van der Waals surface area contributed by atoms with Crippen LogP contribution in [0.15, 0.2) is 24.4 Å². The highest BCUT2D eigenvalue weighted by atomic mass is 16.2. The topological polar surface area (TPSA) is 101 Å². The van der Waals surface area contributed by atoms with Crippen LogP contribution in [0.25, 0.3) is 0 Å². The molecule has 3 N–H and O–H groups in total. The van der Waals surface area contributed by atoms with Crippen molar-refractivity contribution >= 4 is 23.2 Å². The number of piperidine rings is 1. The van der Waals surface area contributed by atoms with Gasteiger partial charge in [-0.2, -0.15) is 0 Å². The lowest BCUT2D eigenvalue weighted by Gasteiger charge is -2.22. The van der Waals surface area contributed by atoms with E-state index in [2.05, 4.69) is 26.3 Å². The molecule has 0 bridgehead atoms. The minimum absolute atomic E-state index is 0.0426. The standard InChI is InChI=1S/C19H24N6O2/c1-12-2-5-14(21-18(26)13-3-4-13)10-16(12)22-19(27)17-11-25(24-23-17)15-6-8-20-9-7-15/h2,5,10-11,13,15,20H,3-4,6-9H2,1H3,(H,21,26)(H,22,27). The number of anilines is 2. The Morgan fingerprint density at radius 3 is 2.67 bits per heavy atom. The predicted octanol–water partition coefficient (Wildman–Crippen LogP) is 2.11. The number of hydrogen-bond donors (Lipinski definition) is 3. The van der Waals surface area contributed by atoms with E-state index >= 15 is 0 Å². The van der Waals surface area contributed by atoms with Gasteiger partial charge in [-0.05, 0) is 63.4 Å². The average Bonchev–Trinajstić information content (AvgIpc) is 3.42. The Morgan fingerprint density at radius 1 is 1.15 bits per heavy atom. The summed E-state index contributed by atoms with van der Waals surface area (Å²) in [4.78, 5) is 24.5. The van der Waals surface area contributed by atoms with Crippen LogP contribution < -0.4 is 16.0 Å². The van der Waals surface area contributed by atoms with E-state index in [-0.39, 0.29) is 23.8 Å². The van der Waals surface area contributed by atoms with Crippen LogP contribution in [0.5, 0.6) is 0 Å². The molecular weight excluding hydrogens is 344 g/mol. The van der Waals surface area contributed by atoms with E-state index in [4.69, 9.17) is 0 Å². The van der Waals surface area contributed by atoms with Crippen LogP contribution in [0.2, 0.25) is 0 Å². The Labute approximate surface area is 157 Å². The van der Waals surface area contributed by atoms with E-state index < -0.39 is 0 Å². The van der Waals surface area contributed by atoms with Gasteiger partial charge in [0.2, 0.25) is 5.91 Å². The summed E-state index contributed by atoms with van der Waals surface area (Å²) < 4.78 is 1.79. The summed E-state index contributed by atoms with van der Waals surface area (Å²) in [6.45, 7) is 3.81.